The fraction of sp³-hybridized carbons (Fsp3) is 0.0870. The minimum absolute atomic E-state index is 0.139. The molecule has 0 aliphatic carbocycles. The second kappa shape index (κ2) is 10.4. The van der Waals surface area contributed by atoms with Gasteiger partial charge in [-0.05, 0) is 54.1 Å². The quantitative estimate of drug-likeness (QED) is 0.405. The van der Waals surface area contributed by atoms with E-state index in [4.69, 9.17) is 21.1 Å². The zero-order valence-corrected chi connectivity index (χ0v) is 17.9. The van der Waals surface area contributed by atoms with Crippen LogP contribution in [0.3, 0.4) is 0 Å². The number of nitrogens with one attached hydrogen (secondary N) is 2. The molecule has 9 heteroatoms. The summed E-state index contributed by atoms with van der Waals surface area (Å²) in [6.07, 6.45) is 1.30. The van der Waals surface area contributed by atoms with Crippen LogP contribution < -0.4 is 20.2 Å². The molecule has 0 spiro atoms. The summed E-state index contributed by atoms with van der Waals surface area (Å²) in [6.45, 7) is 0. The third-order valence-electron chi connectivity index (χ3n) is 4.35. The molecule has 3 aromatic carbocycles. The first-order valence-electron chi connectivity index (χ1n) is 9.33. The number of hydrogen-bond donors (Lipinski definition) is 2. The summed E-state index contributed by atoms with van der Waals surface area (Å²) in [7, 11) is 2.95. The highest BCUT2D eigenvalue weighted by molar-refractivity contribution is 6.31. The number of hydrogen-bond acceptors (Lipinski definition) is 5. The maximum Gasteiger partial charge on any atom is 0.273 e. The average molecular weight is 456 g/mol. The predicted octanol–water partition coefficient (Wildman–Crippen LogP) is 4.51. The summed E-state index contributed by atoms with van der Waals surface area (Å²) in [5, 5.41) is 6.83. The molecule has 0 fully saturated rings. The Morgan fingerprint density at radius 3 is 2.47 bits per heavy atom. The van der Waals surface area contributed by atoms with Crippen molar-refractivity contribution in [3.63, 3.8) is 0 Å². The summed E-state index contributed by atoms with van der Waals surface area (Å²) < 4.78 is 23.6. The van der Waals surface area contributed by atoms with Crippen LogP contribution in [0.15, 0.2) is 65.8 Å². The maximum atomic E-state index is 13.2. The lowest BCUT2D eigenvalue weighted by Crippen LogP contribution is -2.21. The maximum absolute atomic E-state index is 13.2. The van der Waals surface area contributed by atoms with Gasteiger partial charge < -0.3 is 14.8 Å². The van der Waals surface area contributed by atoms with Gasteiger partial charge in [-0.3, -0.25) is 9.59 Å². The van der Waals surface area contributed by atoms with E-state index in [9.17, 15) is 14.0 Å². The Morgan fingerprint density at radius 2 is 1.75 bits per heavy atom. The van der Waals surface area contributed by atoms with Crippen molar-refractivity contribution in [2.45, 2.75) is 0 Å². The Kier molecular flexibility index (Phi) is 7.41. The molecule has 0 aromatic heterocycles. The molecule has 2 amide bonds. The van der Waals surface area contributed by atoms with E-state index in [2.05, 4.69) is 15.8 Å². The zero-order chi connectivity index (χ0) is 23.1. The molecule has 0 atom stereocenters. The van der Waals surface area contributed by atoms with Crippen molar-refractivity contribution in [3.05, 3.63) is 88.2 Å². The third kappa shape index (κ3) is 5.61. The van der Waals surface area contributed by atoms with Crippen molar-refractivity contribution >= 4 is 35.3 Å². The van der Waals surface area contributed by atoms with E-state index in [0.717, 1.165) is 0 Å². The van der Waals surface area contributed by atoms with Crippen molar-refractivity contribution in [1.29, 1.82) is 0 Å². The number of halogens is 2. The number of methoxy groups -OCH3 is 2. The van der Waals surface area contributed by atoms with Crippen molar-refractivity contribution in [1.82, 2.24) is 5.43 Å². The second-order valence-corrected chi connectivity index (χ2v) is 6.90. The Bertz CT molecular complexity index is 1180. The molecular weight excluding hydrogens is 437 g/mol. The van der Waals surface area contributed by atoms with E-state index < -0.39 is 17.6 Å². The normalized spacial score (nSPS) is 10.6. The van der Waals surface area contributed by atoms with Crippen molar-refractivity contribution in [2.75, 3.05) is 19.5 Å². The summed E-state index contributed by atoms with van der Waals surface area (Å²) in [5.74, 6) is -0.625. The Balaban J connectivity index is 1.78. The average Bonchev–Trinajstić information content (AvgIpc) is 2.78. The van der Waals surface area contributed by atoms with Crippen molar-refractivity contribution < 1.29 is 23.5 Å². The van der Waals surface area contributed by atoms with E-state index in [0.29, 0.717) is 22.1 Å². The SMILES string of the molecule is COc1ccc(C(=O)Nc2cc(Cl)ccc2C(=O)NN=Cc2cccc(F)c2)cc1OC. The highest BCUT2D eigenvalue weighted by Gasteiger charge is 2.16. The van der Waals surface area contributed by atoms with Crippen molar-refractivity contribution in [3.8, 4) is 11.5 Å². The Labute approximate surface area is 188 Å². The highest BCUT2D eigenvalue weighted by Crippen LogP contribution is 2.28. The van der Waals surface area contributed by atoms with Crippen molar-refractivity contribution in [2.24, 2.45) is 5.10 Å². The van der Waals surface area contributed by atoms with Gasteiger partial charge in [0.25, 0.3) is 11.8 Å². The summed E-state index contributed by atoms with van der Waals surface area (Å²) >= 11 is 6.05. The largest absolute Gasteiger partial charge is 0.493 e. The first-order chi connectivity index (χ1) is 15.4. The van der Waals surface area contributed by atoms with E-state index >= 15 is 0 Å². The number of anilines is 1. The third-order valence-corrected chi connectivity index (χ3v) is 4.58. The van der Waals surface area contributed by atoms with Crippen LogP contribution >= 0.6 is 11.6 Å². The second-order valence-electron chi connectivity index (χ2n) is 6.47. The molecule has 32 heavy (non-hydrogen) atoms. The number of amides is 2. The van der Waals surface area contributed by atoms with Gasteiger partial charge in [-0.1, -0.05) is 23.7 Å². The van der Waals surface area contributed by atoms with Crippen LogP contribution in [-0.2, 0) is 0 Å². The lowest BCUT2D eigenvalue weighted by molar-refractivity contribution is 0.0956. The molecule has 0 saturated heterocycles. The van der Waals surface area contributed by atoms with Gasteiger partial charge in [0.05, 0.1) is 31.7 Å². The predicted molar refractivity (Wildman–Crippen MR) is 120 cm³/mol. The molecule has 0 bridgehead atoms. The topological polar surface area (TPSA) is 89.0 Å². The molecule has 0 unspecified atom stereocenters. The number of nitrogens with zero attached hydrogens (tertiary/aromatic N) is 1. The summed E-state index contributed by atoms with van der Waals surface area (Å²) in [4.78, 5) is 25.4. The van der Waals surface area contributed by atoms with Crippen LogP contribution in [0, 0.1) is 5.82 Å². The van der Waals surface area contributed by atoms with E-state index in [-0.39, 0.29) is 16.8 Å². The molecule has 0 aliphatic heterocycles. The lowest BCUT2D eigenvalue weighted by atomic mass is 10.1. The van der Waals surface area contributed by atoms with Crippen LogP contribution in [0.2, 0.25) is 5.02 Å². The Hall–Kier alpha value is -3.91. The number of carbonyl (C=O) groups excluding carboxylic acids is 2. The molecule has 3 aromatic rings. The summed E-state index contributed by atoms with van der Waals surface area (Å²) in [6, 6.07) is 14.8. The van der Waals surface area contributed by atoms with Crippen LogP contribution in [0.25, 0.3) is 0 Å². The van der Waals surface area contributed by atoms with Gasteiger partial charge in [0.2, 0.25) is 0 Å². The zero-order valence-electron chi connectivity index (χ0n) is 17.2. The standard InChI is InChI=1S/C23H19ClFN3O4/c1-31-20-9-6-15(11-21(20)32-2)22(29)27-19-12-16(24)7-8-18(19)23(30)28-26-13-14-4-3-5-17(25)10-14/h3-13H,1-2H3,(H,27,29)(H,28,30). The number of benzene rings is 3. The van der Waals surface area contributed by atoms with Crippen LogP contribution in [0.4, 0.5) is 10.1 Å². The number of rotatable bonds is 7. The molecule has 0 aliphatic rings. The number of ether oxygens (including phenoxy) is 2. The molecule has 3 rings (SSSR count). The Morgan fingerprint density at radius 1 is 0.969 bits per heavy atom. The van der Waals surface area contributed by atoms with E-state index in [1.807, 2.05) is 0 Å². The van der Waals surface area contributed by atoms with Crippen LogP contribution in [-0.4, -0.2) is 32.2 Å². The molecule has 0 saturated carbocycles. The number of carbonyl (C=O) groups is 2. The first-order valence-corrected chi connectivity index (χ1v) is 9.71. The van der Waals surface area contributed by atoms with Gasteiger partial charge in [0.1, 0.15) is 5.82 Å². The van der Waals surface area contributed by atoms with Gasteiger partial charge in [-0.15, -0.1) is 0 Å². The van der Waals surface area contributed by atoms with Gasteiger partial charge in [0, 0.05) is 10.6 Å². The van der Waals surface area contributed by atoms with Gasteiger partial charge in [0.15, 0.2) is 11.5 Å². The minimum Gasteiger partial charge on any atom is -0.493 e. The van der Waals surface area contributed by atoms with Crippen LogP contribution in [0.1, 0.15) is 26.3 Å². The van der Waals surface area contributed by atoms with E-state index in [1.165, 1.54) is 62.9 Å². The summed E-state index contributed by atoms with van der Waals surface area (Å²) in [5.41, 5.74) is 3.44. The fourth-order valence-corrected chi connectivity index (χ4v) is 2.97. The van der Waals surface area contributed by atoms with Gasteiger partial charge in [-0.25, -0.2) is 9.82 Å². The molecule has 2 N–H and O–H groups in total. The van der Waals surface area contributed by atoms with Crippen LogP contribution in [0.5, 0.6) is 11.5 Å². The van der Waals surface area contributed by atoms with E-state index in [1.54, 1.807) is 18.2 Å². The fourth-order valence-electron chi connectivity index (χ4n) is 2.80. The highest BCUT2D eigenvalue weighted by atomic mass is 35.5. The molecule has 7 nitrogen and oxygen atoms in total. The first kappa shape index (κ1) is 22.8. The molecule has 164 valence electrons. The molecule has 0 radical (unpaired) electrons. The lowest BCUT2D eigenvalue weighted by Gasteiger charge is -2.12. The molecular formula is C23H19ClFN3O4. The monoisotopic (exact) mass is 455 g/mol. The van der Waals surface area contributed by atoms with Gasteiger partial charge in [-0.2, -0.15) is 5.10 Å². The number of hydrazone groups is 1. The minimum atomic E-state index is -0.586. The van der Waals surface area contributed by atoms with Gasteiger partial charge >= 0.3 is 0 Å². The smallest absolute Gasteiger partial charge is 0.273 e. The molecule has 0 heterocycles.